The third-order valence-electron chi connectivity index (χ3n) is 5.44. The van der Waals surface area contributed by atoms with E-state index in [-0.39, 0.29) is 12.3 Å². The summed E-state index contributed by atoms with van der Waals surface area (Å²) in [6, 6.07) is 11.7. The Morgan fingerprint density at radius 2 is 1.67 bits per heavy atom. The van der Waals surface area contributed by atoms with Crippen LogP contribution in [0, 0.1) is 0 Å². The summed E-state index contributed by atoms with van der Waals surface area (Å²) in [6.45, 7) is 5.46. The molecule has 1 saturated heterocycles. The minimum Gasteiger partial charge on any atom is -0.493 e. The van der Waals surface area contributed by atoms with Crippen LogP contribution in [0.4, 0.5) is 4.79 Å². The molecule has 0 saturated carbocycles. The van der Waals surface area contributed by atoms with Gasteiger partial charge in [-0.15, -0.1) is 0 Å². The van der Waals surface area contributed by atoms with E-state index < -0.39 is 17.5 Å². The normalized spacial score (nSPS) is 18.5. The molecule has 0 aromatic heterocycles. The van der Waals surface area contributed by atoms with Gasteiger partial charge >= 0.3 is 6.03 Å². The number of nitrogens with zero attached hydrogens (tertiary/aromatic N) is 1. The second kappa shape index (κ2) is 8.18. The van der Waals surface area contributed by atoms with Gasteiger partial charge in [-0.1, -0.05) is 38.1 Å². The van der Waals surface area contributed by atoms with Crippen molar-refractivity contribution in [3.8, 4) is 11.5 Å². The molecule has 2 aromatic rings. The number of amides is 3. The lowest BCUT2D eigenvalue weighted by Gasteiger charge is -2.22. The average molecular weight is 410 g/mol. The van der Waals surface area contributed by atoms with Gasteiger partial charge in [0.15, 0.2) is 17.3 Å². The van der Waals surface area contributed by atoms with E-state index >= 15 is 0 Å². The molecule has 1 atom stereocenters. The average Bonchev–Trinajstić information content (AvgIpc) is 2.97. The summed E-state index contributed by atoms with van der Waals surface area (Å²) in [5.41, 5.74) is 0.916. The van der Waals surface area contributed by atoms with E-state index in [1.807, 2.05) is 24.3 Å². The number of ketones is 1. The van der Waals surface area contributed by atoms with Gasteiger partial charge in [-0.2, -0.15) is 0 Å². The fourth-order valence-corrected chi connectivity index (χ4v) is 3.48. The van der Waals surface area contributed by atoms with Gasteiger partial charge < -0.3 is 14.8 Å². The largest absolute Gasteiger partial charge is 0.493 e. The van der Waals surface area contributed by atoms with Gasteiger partial charge in [-0.05, 0) is 42.2 Å². The topological polar surface area (TPSA) is 84.9 Å². The first-order chi connectivity index (χ1) is 14.2. The maximum Gasteiger partial charge on any atom is 0.325 e. The molecule has 0 bridgehead atoms. The van der Waals surface area contributed by atoms with E-state index in [9.17, 15) is 14.4 Å². The third kappa shape index (κ3) is 3.75. The number of imide groups is 1. The Morgan fingerprint density at radius 1 is 1.03 bits per heavy atom. The number of carbonyl (C=O) groups is 3. The van der Waals surface area contributed by atoms with Crippen LogP contribution >= 0.6 is 0 Å². The van der Waals surface area contributed by atoms with Gasteiger partial charge in [-0.3, -0.25) is 14.5 Å². The highest BCUT2D eigenvalue weighted by atomic mass is 16.5. The Kier molecular flexibility index (Phi) is 5.82. The van der Waals surface area contributed by atoms with E-state index in [4.69, 9.17) is 9.47 Å². The molecule has 2 aromatic carbocycles. The number of ether oxygens (including phenoxy) is 2. The number of carbonyl (C=O) groups excluding carboxylic acids is 3. The van der Waals surface area contributed by atoms with Crippen molar-refractivity contribution >= 4 is 17.7 Å². The van der Waals surface area contributed by atoms with Gasteiger partial charge in [0.1, 0.15) is 5.54 Å². The molecule has 3 amide bonds. The molecule has 158 valence electrons. The third-order valence-corrected chi connectivity index (χ3v) is 5.44. The van der Waals surface area contributed by atoms with Crippen molar-refractivity contribution in [2.75, 3.05) is 20.8 Å². The molecule has 0 radical (unpaired) electrons. The van der Waals surface area contributed by atoms with Gasteiger partial charge in [0, 0.05) is 5.56 Å². The standard InChI is InChI=1S/C23H26N2O5/c1-14(2)15-6-9-17(10-7-15)23(3)21(27)25(22(28)24-23)13-18(26)16-8-11-19(29-4)20(12-16)30-5/h6-12,14H,13H2,1-5H3,(H,24,28). The molecule has 30 heavy (non-hydrogen) atoms. The predicted octanol–water partition coefficient (Wildman–Crippen LogP) is 3.48. The summed E-state index contributed by atoms with van der Waals surface area (Å²) >= 11 is 0. The number of nitrogens with one attached hydrogen (secondary N) is 1. The van der Waals surface area contributed by atoms with Crippen molar-refractivity contribution in [1.82, 2.24) is 10.2 Å². The predicted molar refractivity (Wildman–Crippen MR) is 112 cm³/mol. The number of benzene rings is 2. The maximum absolute atomic E-state index is 13.1. The number of Topliss-reactive ketones (excluding diaryl/α,β-unsaturated/α-hetero) is 1. The summed E-state index contributed by atoms with van der Waals surface area (Å²) in [5.74, 6) is 0.408. The smallest absolute Gasteiger partial charge is 0.325 e. The van der Waals surface area contributed by atoms with Crippen molar-refractivity contribution in [2.45, 2.75) is 32.2 Å². The van der Waals surface area contributed by atoms with Crippen molar-refractivity contribution < 1.29 is 23.9 Å². The number of methoxy groups -OCH3 is 2. The fourth-order valence-electron chi connectivity index (χ4n) is 3.48. The van der Waals surface area contributed by atoms with Crippen molar-refractivity contribution in [3.05, 3.63) is 59.2 Å². The van der Waals surface area contributed by atoms with Crippen molar-refractivity contribution in [1.29, 1.82) is 0 Å². The van der Waals surface area contributed by atoms with Gasteiger partial charge in [-0.25, -0.2) is 4.79 Å². The number of hydrogen-bond acceptors (Lipinski definition) is 5. The highest BCUT2D eigenvalue weighted by Crippen LogP contribution is 2.31. The van der Waals surface area contributed by atoms with Crippen LogP contribution in [0.15, 0.2) is 42.5 Å². The molecule has 1 aliphatic heterocycles. The molecule has 1 aliphatic rings. The summed E-state index contributed by atoms with van der Waals surface area (Å²) < 4.78 is 10.4. The summed E-state index contributed by atoms with van der Waals surface area (Å²) in [6.07, 6.45) is 0. The van der Waals surface area contributed by atoms with Crippen LogP contribution in [0.1, 0.15) is 48.2 Å². The molecule has 1 heterocycles. The molecule has 1 fully saturated rings. The lowest BCUT2D eigenvalue weighted by molar-refractivity contribution is -0.130. The van der Waals surface area contributed by atoms with Crippen LogP contribution in [0.25, 0.3) is 0 Å². The zero-order valence-corrected chi connectivity index (χ0v) is 17.8. The van der Waals surface area contributed by atoms with Crippen LogP contribution in [-0.2, 0) is 10.3 Å². The minimum atomic E-state index is -1.22. The number of hydrogen-bond donors (Lipinski definition) is 1. The molecule has 1 N–H and O–H groups in total. The highest BCUT2D eigenvalue weighted by Gasteiger charge is 2.49. The molecule has 3 rings (SSSR count). The Labute approximate surface area is 176 Å². The summed E-state index contributed by atoms with van der Waals surface area (Å²) in [4.78, 5) is 39.3. The van der Waals surface area contributed by atoms with Gasteiger partial charge in [0.25, 0.3) is 5.91 Å². The van der Waals surface area contributed by atoms with E-state index in [2.05, 4.69) is 19.2 Å². The Morgan fingerprint density at radius 3 is 2.23 bits per heavy atom. The fraction of sp³-hybridized carbons (Fsp3) is 0.348. The second-order valence-electron chi connectivity index (χ2n) is 7.72. The Balaban J connectivity index is 1.81. The first-order valence-electron chi connectivity index (χ1n) is 9.71. The molecule has 7 nitrogen and oxygen atoms in total. The van der Waals surface area contributed by atoms with Gasteiger partial charge in [0.2, 0.25) is 0 Å². The van der Waals surface area contributed by atoms with E-state index in [1.165, 1.54) is 20.3 Å². The van der Waals surface area contributed by atoms with Crippen LogP contribution in [0.2, 0.25) is 0 Å². The van der Waals surface area contributed by atoms with Crippen LogP contribution in [-0.4, -0.2) is 43.4 Å². The number of urea groups is 1. The van der Waals surface area contributed by atoms with Crippen molar-refractivity contribution in [2.24, 2.45) is 0 Å². The lowest BCUT2D eigenvalue weighted by atomic mass is 9.90. The SMILES string of the molecule is COc1ccc(C(=O)CN2C(=O)NC(C)(c3ccc(C(C)C)cc3)C2=O)cc1OC. The zero-order chi connectivity index (χ0) is 22.1. The number of rotatable bonds is 7. The Hall–Kier alpha value is -3.35. The second-order valence-corrected chi connectivity index (χ2v) is 7.72. The zero-order valence-electron chi connectivity index (χ0n) is 17.8. The van der Waals surface area contributed by atoms with E-state index in [1.54, 1.807) is 19.1 Å². The maximum atomic E-state index is 13.1. The Bertz CT molecular complexity index is 984. The van der Waals surface area contributed by atoms with Crippen LogP contribution in [0.5, 0.6) is 11.5 Å². The van der Waals surface area contributed by atoms with E-state index in [0.29, 0.717) is 28.5 Å². The summed E-state index contributed by atoms with van der Waals surface area (Å²) in [5, 5.41) is 2.73. The lowest BCUT2D eigenvalue weighted by Crippen LogP contribution is -2.41. The first-order valence-corrected chi connectivity index (χ1v) is 9.71. The molecule has 0 aliphatic carbocycles. The van der Waals surface area contributed by atoms with Crippen LogP contribution in [0.3, 0.4) is 0 Å². The van der Waals surface area contributed by atoms with E-state index in [0.717, 1.165) is 10.5 Å². The summed E-state index contributed by atoms with van der Waals surface area (Å²) in [7, 11) is 2.97. The molecular formula is C23H26N2O5. The van der Waals surface area contributed by atoms with Gasteiger partial charge in [0.05, 0.1) is 20.8 Å². The minimum absolute atomic E-state index is 0.322. The first kappa shape index (κ1) is 21.4. The monoisotopic (exact) mass is 410 g/mol. The van der Waals surface area contributed by atoms with Crippen molar-refractivity contribution in [3.63, 3.8) is 0 Å². The molecule has 7 heteroatoms. The van der Waals surface area contributed by atoms with Crippen LogP contribution < -0.4 is 14.8 Å². The molecule has 1 unspecified atom stereocenters. The highest BCUT2D eigenvalue weighted by molar-refractivity contribution is 6.11. The molecule has 0 spiro atoms. The quantitative estimate of drug-likeness (QED) is 0.558. The molecular weight excluding hydrogens is 384 g/mol.